The molecule has 96 valence electrons. The molecule has 0 aromatic heterocycles. The van der Waals surface area contributed by atoms with Gasteiger partial charge in [-0.3, -0.25) is 4.79 Å². The Hall–Kier alpha value is -1.36. The number of carboxylic acid groups (broad SMARTS) is 1. The van der Waals surface area contributed by atoms with Crippen LogP contribution in [0.25, 0.3) is 0 Å². The highest BCUT2D eigenvalue weighted by Gasteiger charge is 2.28. The molecule has 0 aliphatic carbocycles. The highest BCUT2D eigenvalue weighted by atomic mass is 79.9. The summed E-state index contributed by atoms with van der Waals surface area (Å²) >= 11 is 3.41. The number of carboxylic acids is 1. The number of hydrogen-bond acceptors (Lipinski definition) is 2. The van der Waals surface area contributed by atoms with Crippen LogP contribution in [0.15, 0.2) is 28.7 Å². The van der Waals surface area contributed by atoms with Crippen LogP contribution < -0.4 is 5.32 Å². The third kappa shape index (κ3) is 3.10. The fourth-order valence-corrected chi connectivity index (χ4v) is 2.68. The normalized spacial score (nSPS) is 24.2. The van der Waals surface area contributed by atoms with Gasteiger partial charge in [-0.05, 0) is 36.5 Å². The summed E-state index contributed by atoms with van der Waals surface area (Å²) in [6.45, 7) is 0. The molecular weight excluding hydrogens is 298 g/mol. The van der Waals surface area contributed by atoms with Crippen molar-refractivity contribution in [2.24, 2.45) is 0 Å². The van der Waals surface area contributed by atoms with Gasteiger partial charge in [0.05, 0.1) is 0 Å². The van der Waals surface area contributed by atoms with E-state index in [2.05, 4.69) is 21.2 Å². The summed E-state index contributed by atoms with van der Waals surface area (Å²) in [5.74, 6) is -1.05. The summed E-state index contributed by atoms with van der Waals surface area (Å²) in [7, 11) is 0. The second-order valence-electron chi connectivity index (χ2n) is 4.48. The maximum atomic E-state index is 11.5. The Morgan fingerprint density at radius 3 is 2.89 bits per heavy atom. The van der Waals surface area contributed by atoms with E-state index in [4.69, 9.17) is 5.11 Å². The lowest BCUT2D eigenvalue weighted by Crippen LogP contribution is -2.39. The predicted molar refractivity (Wildman–Crippen MR) is 70.3 cm³/mol. The first kappa shape index (κ1) is 13.1. The van der Waals surface area contributed by atoms with Crippen molar-refractivity contribution in [1.82, 2.24) is 5.32 Å². The Balaban J connectivity index is 2.22. The van der Waals surface area contributed by atoms with Crippen LogP contribution in [0, 0.1) is 0 Å². The molecule has 0 saturated carbocycles. The van der Waals surface area contributed by atoms with Crippen LogP contribution in [0.4, 0.5) is 0 Å². The van der Waals surface area contributed by atoms with Crippen LogP contribution in [0.3, 0.4) is 0 Å². The van der Waals surface area contributed by atoms with Crippen molar-refractivity contribution in [2.75, 3.05) is 0 Å². The van der Waals surface area contributed by atoms with Crippen LogP contribution in [0.5, 0.6) is 0 Å². The van der Waals surface area contributed by atoms with Gasteiger partial charge in [0.2, 0.25) is 5.91 Å². The number of amides is 1. The highest BCUT2D eigenvalue weighted by molar-refractivity contribution is 9.10. The van der Waals surface area contributed by atoms with Crippen LogP contribution in [-0.4, -0.2) is 23.0 Å². The molecular formula is C13H14BrNO3. The third-order valence-corrected chi connectivity index (χ3v) is 3.69. The van der Waals surface area contributed by atoms with E-state index in [0.29, 0.717) is 19.3 Å². The number of benzene rings is 1. The molecule has 1 aliphatic rings. The molecule has 1 aliphatic heterocycles. The summed E-state index contributed by atoms with van der Waals surface area (Å²) in [5.41, 5.74) is 1.08. The lowest BCUT2D eigenvalue weighted by molar-refractivity contribution is -0.141. The number of halogens is 1. The quantitative estimate of drug-likeness (QED) is 0.880. The average molecular weight is 312 g/mol. The number of hydrogen-bond donors (Lipinski definition) is 2. The number of nitrogens with one attached hydrogen (secondary N) is 1. The molecule has 2 atom stereocenters. The van der Waals surface area contributed by atoms with Crippen LogP contribution in [0.1, 0.15) is 30.7 Å². The Labute approximate surface area is 114 Å². The van der Waals surface area contributed by atoms with Gasteiger partial charge >= 0.3 is 5.97 Å². The molecule has 1 saturated heterocycles. The molecule has 2 rings (SSSR count). The second kappa shape index (κ2) is 5.52. The summed E-state index contributed by atoms with van der Waals surface area (Å²) < 4.78 is 0.968. The lowest BCUT2D eigenvalue weighted by Gasteiger charge is -2.17. The van der Waals surface area contributed by atoms with E-state index in [-0.39, 0.29) is 11.8 Å². The Kier molecular flexibility index (Phi) is 4.01. The van der Waals surface area contributed by atoms with Crippen LogP contribution >= 0.6 is 15.9 Å². The molecule has 4 nitrogen and oxygen atoms in total. The monoisotopic (exact) mass is 311 g/mol. The zero-order valence-corrected chi connectivity index (χ0v) is 11.3. The van der Waals surface area contributed by atoms with Crippen LogP contribution in [0.2, 0.25) is 0 Å². The van der Waals surface area contributed by atoms with Crippen molar-refractivity contribution in [2.45, 2.75) is 31.2 Å². The first-order valence-corrected chi connectivity index (χ1v) is 6.63. The number of carbonyl (C=O) groups excluding carboxylic acids is 1. The standard InChI is InChI=1S/C13H14BrNO3/c14-10-3-1-2-8(6-10)9-4-5-12(16)15-11(7-9)13(17)18/h1-3,6,9,11H,4-5,7H2,(H,15,16)(H,17,18). The maximum absolute atomic E-state index is 11.5. The Morgan fingerprint density at radius 1 is 1.44 bits per heavy atom. The van der Waals surface area contributed by atoms with Crippen molar-refractivity contribution in [3.05, 3.63) is 34.3 Å². The minimum atomic E-state index is -0.967. The van der Waals surface area contributed by atoms with Gasteiger partial charge in [-0.15, -0.1) is 0 Å². The molecule has 0 bridgehead atoms. The Morgan fingerprint density at radius 2 is 2.22 bits per heavy atom. The van der Waals surface area contributed by atoms with Gasteiger partial charge in [-0.25, -0.2) is 4.79 Å². The fraction of sp³-hybridized carbons (Fsp3) is 0.385. The molecule has 1 aromatic rings. The number of aliphatic carboxylic acids is 1. The molecule has 2 unspecified atom stereocenters. The van der Waals surface area contributed by atoms with Gasteiger partial charge in [-0.1, -0.05) is 28.1 Å². The minimum absolute atomic E-state index is 0.0996. The zero-order valence-electron chi connectivity index (χ0n) is 9.73. The molecule has 1 aromatic carbocycles. The maximum Gasteiger partial charge on any atom is 0.326 e. The van der Waals surface area contributed by atoms with E-state index in [1.807, 2.05) is 24.3 Å². The fourth-order valence-electron chi connectivity index (χ4n) is 2.26. The van der Waals surface area contributed by atoms with Crippen molar-refractivity contribution in [3.8, 4) is 0 Å². The van der Waals surface area contributed by atoms with E-state index in [1.54, 1.807) is 0 Å². The summed E-state index contributed by atoms with van der Waals surface area (Å²) in [6, 6.07) is 7.03. The van der Waals surface area contributed by atoms with Gasteiger partial charge < -0.3 is 10.4 Å². The van der Waals surface area contributed by atoms with E-state index in [9.17, 15) is 9.59 Å². The van der Waals surface area contributed by atoms with Gasteiger partial charge in [0.1, 0.15) is 6.04 Å². The van der Waals surface area contributed by atoms with Gasteiger partial charge in [0, 0.05) is 10.9 Å². The van der Waals surface area contributed by atoms with Gasteiger partial charge in [0.25, 0.3) is 0 Å². The predicted octanol–water partition coefficient (Wildman–Crippen LogP) is 2.29. The van der Waals surface area contributed by atoms with E-state index in [1.165, 1.54) is 0 Å². The van der Waals surface area contributed by atoms with Crippen molar-refractivity contribution in [3.63, 3.8) is 0 Å². The molecule has 1 heterocycles. The molecule has 0 spiro atoms. The minimum Gasteiger partial charge on any atom is -0.480 e. The molecule has 0 radical (unpaired) electrons. The van der Waals surface area contributed by atoms with Gasteiger partial charge in [-0.2, -0.15) is 0 Å². The van der Waals surface area contributed by atoms with E-state index >= 15 is 0 Å². The topological polar surface area (TPSA) is 66.4 Å². The van der Waals surface area contributed by atoms with Crippen molar-refractivity contribution >= 4 is 27.8 Å². The third-order valence-electron chi connectivity index (χ3n) is 3.19. The van der Waals surface area contributed by atoms with E-state index in [0.717, 1.165) is 10.0 Å². The molecule has 1 fully saturated rings. The average Bonchev–Trinajstić information content (AvgIpc) is 2.51. The SMILES string of the molecule is O=C1CCC(c2cccc(Br)c2)CC(C(=O)O)N1. The summed E-state index contributed by atoms with van der Waals surface area (Å²) in [5, 5.41) is 11.6. The summed E-state index contributed by atoms with van der Waals surface area (Å²) in [4.78, 5) is 22.5. The van der Waals surface area contributed by atoms with Crippen molar-refractivity contribution < 1.29 is 14.7 Å². The van der Waals surface area contributed by atoms with E-state index < -0.39 is 12.0 Å². The largest absolute Gasteiger partial charge is 0.480 e. The Bertz CT molecular complexity index is 475. The molecule has 1 amide bonds. The molecule has 2 N–H and O–H groups in total. The smallest absolute Gasteiger partial charge is 0.326 e. The first-order valence-electron chi connectivity index (χ1n) is 5.84. The molecule has 18 heavy (non-hydrogen) atoms. The number of carbonyl (C=O) groups is 2. The zero-order chi connectivity index (χ0) is 13.1. The number of rotatable bonds is 2. The molecule has 5 heteroatoms. The summed E-state index contributed by atoms with van der Waals surface area (Å²) in [6.07, 6.45) is 1.50. The van der Waals surface area contributed by atoms with Crippen molar-refractivity contribution in [1.29, 1.82) is 0 Å². The highest BCUT2D eigenvalue weighted by Crippen LogP contribution is 2.30. The first-order chi connectivity index (χ1) is 8.56. The van der Waals surface area contributed by atoms with Gasteiger partial charge in [0.15, 0.2) is 0 Å². The van der Waals surface area contributed by atoms with Crippen LogP contribution in [-0.2, 0) is 9.59 Å². The lowest BCUT2D eigenvalue weighted by atomic mass is 9.89. The second-order valence-corrected chi connectivity index (χ2v) is 5.40.